The maximum atomic E-state index is 5.06. The highest BCUT2D eigenvalue weighted by Gasteiger charge is 2.23. The van der Waals surface area contributed by atoms with E-state index in [0.717, 1.165) is 39.5 Å². The van der Waals surface area contributed by atoms with Crippen molar-refractivity contribution in [3.8, 4) is 33.8 Å². The number of pyridine rings is 1. The molecule has 0 radical (unpaired) electrons. The second-order valence-corrected chi connectivity index (χ2v) is 15.4. The fourth-order valence-electron chi connectivity index (χ4n) is 8.76. The van der Waals surface area contributed by atoms with Crippen LogP contribution in [0.3, 0.4) is 0 Å². The number of nitrogens with zero attached hydrogens (tertiary/aromatic N) is 5. The first-order valence-corrected chi connectivity index (χ1v) is 20.1. The van der Waals surface area contributed by atoms with Gasteiger partial charge in [-0.1, -0.05) is 97.1 Å². The first-order chi connectivity index (χ1) is 28.4. The van der Waals surface area contributed by atoms with Crippen molar-refractivity contribution in [2.24, 2.45) is 0 Å². The summed E-state index contributed by atoms with van der Waals surface area (Å²) in [5.74, 6) is 0.877. The molecule has 0 bridgehead atoms. The minimum absolute atomic E-state index is 0.327. The van der Waals surface area contributed by atoms with E-state index in [4.69, 9.17) is 4.98 Å². The van der Waals surface area contributed by atoms with Gasteiger partial charge in [-0.3, -0.25) is 4.57 Å². The molecule has 0 amide bonds. The van der Waals surface area contributed by atoms with E-state index in [1.54, 1.807) is 0 Å². The number of aryl methyl sites for hydroxylation is 2. The Labute approximate surface area is 339 Å². The van der Waals surface area contributed by atoms with Crippen LogP contribution in [0.5, 0.6) is 0 Å². The predicted molar refractivity (Wildman–Crippen MR) is 243 cm³/mol. The Morgan fingerprint density at radius 1 is 0.517 bits per heavy atom. The molecule has 0 saturated carbocycles. The average Bonchev–Trinajstić information content (AvgIpc) is 3.82. The Morgan fingerprint density at radius 2 is 1.16 bits per heavy atom. The van der Waals surface area contributed by atoms with Crippen molar-refractivity contribution in [3.63, 3.8) is 0 Å². The Hall–Kier alpha value is -7.24. The summed E-state index contributed by atoms with van der Waals surface area (Å²) in [5, 5.41) is 2.38. The first-order valence-electron chi connectivity index (χ1n) is 20.1. The van der Waals surface area contributed by atoms with E-state index in [9.17, 15) is 0 Å². The van der Waals surface area contributed by atoms with Crippen LogP contribution in [0, 0.1) is 13.8 Å². The van der Waals surface area contributed by atoms with Crippen molar-refractivity contribution in [1.82, 2.24) is 18.7 Å². The Morgan fingerprint density at radius 3 is 1.93 bits per heavy atom. The van der Waals surface area contributed by atoms with Gasteiger partial charge in [-0.25, -0.2) is 9.55 Å². The third-order valence-corrected chi connectivity index (χ3v) is 11.5. The normalized spacial score (nSPS) is 11.6. The van der Waals surface area contributed by atoms with E-state index in [0.29, 0.717) is 6.04 Å². The molecule has 0 aliphatic carbocycles. The van der Waals surface area contributed by atoms with Crippen molar-refractivity contribution < 1.29 is 0 Å². The summed E-state index contributed by atoms with van der Waals surface area (Å²) in [4.78, 5) is 7.49. The monoisotopic (exact) mass is 750 g/mol. The second-order valence-electron chi connectivity index (χ2n) is 15.4. The Balaban J connectivity index is 1.17. The standard InChI is InChI=1S/C53H44N5/c1-36(2)55-35-56(50-27-13-12-26-49(50)55)41-20-15-21-42(33-41)57(53-37(3)16-14-17-38(53)4)43-28-29-47-46-24-10-11-25-48(46)58(51(47)34-43)52-32-40(30-31-54-52)45-23-9-8-22-44(45)39-18-6-5-7-19-39/h5-36H,1-4H3/q+1. The molecule has 5 nitrogen and oxygen atoms in total. The second kappa shape index (κ2) is 14.4. The van der Waals surface area contributed by atoms with E-state index in [-0.39, 0.29) is 0 Å². The summed E-state index contributed by atoms with van der Waals surface area (Å²) in [6.07, 6.45) is 4.18. The molecule has 0 spiro atoms. The van der Waals surface area contributed by atoms with Gasteiger partial charge < -0.3 is 4.90 Å². The van der Waals surface area contributed by atoms with Gasteiger partial charge in [0.15, 0.2) is 17.4 Å². The molecule has 0 fully saturated rings. The first kappa shape index (κ1) is 35.2. The van der Waals surface area contributed by atoms with Crippen molar-refractivity contribution in [3.05, 3.63) is 200 Å². The molecule has 10 aromatic rings. The molecule has 3 aromatic heterocycles. The van der Waals surface area contributed by atoms with Crippen LogP contribution in [0.15, 0.2) is 188 Å². The summed E-state index contributed by atoms with van der Waals surface area (Å²) < 4.78 is 7.00. The smallest absolute Gasteiger partial charge is 0.191 e. The zero-order valence-electron chi connectivity index (χ0n) is 33.2. The van der Waals surface area contributed by atoms with Crippen molar-refractivity contribution >= 4 is 49.9 Å². The maximum absolute atomic E-state index is 5.06. The summed E-state index contributed by atoms with van der Waals surface area (Å²) in [6.45, 7) is 8.90. The highest BCUT2D eigenvalue weighted by Crippen LogP contribution is 2.43. The minimum Gasteiger partial charge on any atom is -0.309 e. The highest BCUT2D eigenvalue weighted by atomic mass is 15.2. The van der Waals surface area contributed by atoms with Gasteiger partial charge in [0.05, 0.1) is 28.5 Å². The summed E-state index contributed by atoms with van der Waals surface area (Å²) in [7, 11) is 0. The van der Waals surface area contributed by atoms with Gasteiger partial charge in [-0.2, -0.15) is 4.57 Å². The molecule has 7 aromatic carbocycles. The third-order valence-electron chi connectivity index (χ3n) is 11.5. The molecule has 0 aliphatic heterocycles. The van der Waals surface area contributed by atoms with Crippen molar-refractivity contribution in [2.75, 3.05) is 4.90 Å². The molecule has 58 heavy (non-hydrogen) atoms. The number of hydrogen-bond acceptors (Lipinski definition) is 2. The zero-order valence-corrected chi connectivity index (χ0v) is 33.2. The number of fused-ring (bicyclic) bond motifs is 4. The van der Waals surface area contributed by atoms with Crippen LogP contribution in [0.2, 0.25) is 0 Å². The highest BCUT2D eigenvalue weighted by molar-refractivity contribution is 6.10. The van der Waals surface area contributed by atoms with Crippen LogP contribution in [0.1, 0.15) is 31.0 Å². The van der Waals surface area contributed by atoms with E-state index in [2.05, 4.69) is 229 Å². The van der Waals surface area contributed by atoms with E-state index >= 15 is 0 Å². The molecule has 280 valence electrons. The number of anilines is 3. The number of imidazole rings is 1. The van der Waals surface area contributed by atoms with Crippen LogP contribution in [0.25, 0.3) is 66.6 Å². The van der Waals surface area contributed by atoms with E-state index in [1.807, 2.05) is 6.20 Å². The number of benzene rings is 7. The number of rotatable bonds is 8. The molecule has 10 rings (SSSR count). The van der Waals surface area contributed by atoms with Gasteiger partial charge >= 0.3 is 0 Å². The molecule has 0 aliphatic rings. The lowest BCUT2D eigenvalue weighted by Gasteiger charge is -2.29. The van der Waals surface area contributed by atoms with Crippen LogP contribution < -0.4 is 4.90 Å². The lowest BCUT2D eigenvalue weighted by atomic mass is 9.95. The van der Waals surface area contributed by atoms with Gasteiger partial charge in [0.25, 0.3) is 0 Å². The van der Waals surface area contributed by atoms with Crippen LogP contribution in [-0.2, 0) is 0 Å². The molecule has 0 unspecified atom stereocenters. The largest absolute Gasteiger partial charge is 0.309 e. The van der Waals surface area contributed by atoms with Gasteiger partial charge in [0.2, 0.25) is 0 Å². The lowest BCUT2D eigenvalue weighted by Crippen LogP contribution is -2.13. The van der Waals surface area contributed by atoms with Gasteiger partial charge in [0, 0.05) is 46.9 Å². The van der Waals surface area contributed by atoms with Gasteiger partial charge in [-0.05, 0) is 116 Å². The van der Waals surface area contributed by atoms with Gasteiger partial charge in [-0.15, -0.1) is 0 Å². The number of para-hydroxylation sites is 4. The molecule has 0 atom stereocenters. The SMILES string of the molecule is Cc1cccc(C)c1N(c1cccc(-n2[cH+]n(C(C)C)c3ccccc32)c1)c1ccc2c3ccccc3n(-c3cc(-c4ccccc4-c4ccccc4)ccn3)c2c1. The lowest BCUT2D eigenvalue weighted by molar-refractivity contribution is 0.612. The maximum Gasteiger partial charge on any atom is 0.191 e. The van der Waals surface area contributed by atoms with Crippen LogP contribution >= 0.6 is 0 Å². The van der Waals surface area contributed by atoms with E-state index in [1.165, 1.54) is 55.3 Å². The van der Waals surface area contributed by atoms with E-state index < -0.39 is 0 Å². The molecular weight excluding hydrogens is 707 g/mol. The molecule has 3 heterocycles. The molecule has 0 saturated heterocycles. The zero-order chi connectivity index (χ0) is 39.3. The fraction of sp³-hybridized carbons (Fsp3) is 0.0943. The Kier molecular flexibility index (Phi) is 8.71. The van der Waals surface area contributed by atoms with Crippen molar-refractivity contribution in [1.29, 1.82) is 0 Å². The summed E-state index contributed by atoms with van der Waals surface area (Å²) in [6, 6.07) is 63.7. The average molecular weight is 751 g/mol. The predicted octanol–water partition coefficient (Wildman–Crippen LogP) is 14.2. The quantitative estimate of drug-likeness (QED) is 0.145. The molecule has 5 heteroatoms. The number of aromatic nitrogens is 4. The minimum atomic E-state index is 0.327. The summed E-state index contributed by atoms with van der Waals surface area (Å²) >= 11 is 0. The van der Waals surface area contributed by atoms with Gasteiger partial charge in [0.1, 0.15) is 11.5 Å². The number of hydrogen-bond donors (Lipinski definition) is 0. The van der Waals surface area contributed by atoms with Crippen LogP contribution in [-0.4, -0.2) is 18.7 Å². The van der Waals surface area contributed by atoms with Crippen LogP contribution in [0.4, 0.5) is 17.1 Å². The third kappa shape index (κ3) is 5.95. The van der Waals surface area contributed by atoms with Crippen molar-refractivity contribution in [2.45, 2.75) is 33.7 Å². The Bertz CT molecular complexity index is 3110. The molecule has 0 N–H and O–H groups in total. The topological polar surface area (TPSA) is 30.9 Å². The summed E-state index contributed by atoms with van der Waals surface area (Å²) in [5.41, 5.74) is 16.2. The molecular formula is C53H44N5+. The fourth-order valence-corrected chi connectivity index (χ4v) is 8.76.